The third kappa shape index (κ3) is 4.10. The highest BCUT2D eigenvalue weighted by Crippen LogP contribution is 2.18. The van der Waals surface area contributed by atoms with Gasteiger partial charge in [0.15, 0.2) is 5.11 Å². The Kier molecular flexibility index (Phi) is 5.01. The number of nitrogens with one attached hydrogen (secondary N) is 1. The zero-order valence-corrected chi connectivity index (χ0v) is 9.70. The van der Waals surface area contributed by atoms with Crippen molar-refractivity contribution in [3.8, 4) is 5.75 Å². The molecule has 0 unspecified atom stereocenters. The average Bonchev–Trinajstić information content (AvgIpc) is 2.29. The molecule has 0 aromatic heterocycles. The molecule has 1 aromatic rings. The molecule has 4 nitrogen and oxygen atoms in total. The number of nitrogens with zero attached hydrogens (tertiary/aromatic N) is 1. The molecule has 0 amide bonds. The van der Waals surface area contributed by atoms with Crippen molar-refractivity contribution >= 4 is 29.6 Å². The Bertz CT molecular complexity index is 415. The molecule has 0 fully saturated rings. The Labute approximate surface area is 99.8 Å². The van der Waals surface area contributed by atoms with Crippen LogP contribution in [0.4, 0.5) is 0 Å². The molecule has 0 heterocycles. The van der Waals surface area contributed by atoms with E-state index >= 15 is 0 Å². The Morgan fingerprint density at radius 1 is 1.50 bits per heavy atom. The van der Waals surface area contributed by atoms with Gasteiger partial charge in [-0.3, -0.25) is 5.43 Å². The van der Waals surface area contributed by atoms with Crippen LogP contribution in [0.5, 0.6) is 5.75 Å². The van der Waals surface area contributed by atoms with E-state index in [1.54, 1.807) is 19.4 Å². The smallest absolute Gasteiger partial charge is 0.184 e. The minimum atomic E-state index is 0.141. The number of hydrogen-bond acceptors (Lipinski definition) is 3. The third-order valence-corrected chi connectivity index (χ3v) is 1.84. The van der Waals surface area contributed by atoms with Crippen molar-refractivity contribution < 1.29 is 4.74 Å². The molecular formula is C11H13N3OS. The van der Waals surface area contributed by atoms with E-state index in [2.05, 4.69) is 22.7 Å². The van der Waals surface area contributed by atoms with E-state index in [0.29, 0.717) is 0 Å². The highest BCUT2D eigenvalue weighted by Gasteiger charge is 1.94. The van der Waals surface area contributed by atoms with Crippen LogP contribution in [0.1, 0.15) is 5.56 Å². The first-order valence-electron chi connectivity index (χ1n) is 4.62. The van der Waals surface area contributed by atoms with Crippen LogP contribution in [0.25, 0.3) is 6.08 Å². The number of methoxy groups -OCH3 is 1. The maximum Gasteiger partial charge on any atom is 0.184 e. The molecule has 0 saturated heterocycles. The van der Waals surface area contributed by atoms with Crippen LogP contribution in [0.3, 0.4) is 0 Å². The van der Waals surface area contributed by atoms with Gasteiger partial charge in [0.25, 0.3) is 0 Å². The van der Waals surface area contributed by atoms with Gasteiger partial charge < -0.3 is 10.5 Å². The molecule has 5 heteroatoms. The van der Waals surface area contributed by atoms with Gasteiger partial charge in [0.05, 0.1) is 7.11 Å². The first-order chi connectivity index (χ1) is 7.74. The second-order valence-electron chi connectivity index (χ2n) is 2.86. The zero-order valence-electron chi connectivity index (χ0n) is 8.88. The molecule has 0 radical (unpaired) electrons. The SMILES string of the molecule is COc1ccccc1/C=C/C=N\NC(N)=S. The average molecular weight is 235 g/mol. The summed E-state index contributed by atoms with van der Waals surface area (Å²) in [6.45, 7) is 0. The molecule has 16 heavy (non-hydrogen) atoms. The molecule has 0 saturated carbocycles. The van der Waals surface area contributed by atoms with Crippen molar-refractivity contribution in [2.45, 2.75) is 0 Å². The van der Waals surface area contributed by atoms with Crippen LogP contribution in [0, 0.1) is 0 Å². The van der Waals surface area contributed by atoms with Crippen molar-refractivity contribution in [3.05, 3.63) is 35.9 Å². The summed E-state index contributed by atoms with van der Waals surface area (Å²) in [7, 11) is 1.63. The fourth-order valence-electron chi connectivity index (χ4n) is 1.09. The van der Waals surface area contributed by atoms with E-state index in [9.17, 15) is 0 Å². The van der Waals surface area contributed by atoms with Gasteiger partial charge in [-0.25, -0.2) is 0 Å². The van der Waals surface area contributed by atoms with Crippen LogP contribution in [0.15, 0.2) is 35.4 Å². The number of ether oxygens (including phenoxy) is 1. The van der Waals surface area contributed by atoms with Gasteiger partial charge in [-0.15, -0.1) is 0 Å². The first kappa shape index (κ1) is 12.2. The monoisotopic (exact) mass is 235 g/mol. The molecular weight excluding hydrogens is 222 g/mol. The normalized spacial score (nSPS) is 10.8. The molecule has 0 atom stereocenters. The second-order valence-corrected chi connectivity index (χ2v) is 3.30. The lowest BCUT2D eigenvalue weighted by molar-refractivity contribution is 0.414. The molecule has 1 rings (SSSR count). The van der Waals surface area contributed by atoms with Gasteiger partial charge in [-0.05, 0) is 30.4 Å². The lowest BCUT2D eigenvalue weighted by atomic mass is 10.2. The Hall–Kier alpha value is -1.88. The number of hydrazone groups is 1. The minimum Gasteiger partial charge on any atom is -0.496 e. The summed E-state index contributed by atoms with van der Waals surface area (Å²) in [6.07, 6.45) is 5.21. The van der Waals surface area contributed by atoms with E-state index in [4.69, 9.17) is 10.5 Å². The van der Waals surface area contributed by atoms with Gasteiger partial charge in [0.2, 0.25) is 0 Å². The van der Waals surface area contributed by atoms with Gasteiger partial charge in [-0.2, -0.15) is 5.10 Å². The topological polar surface area (TPSA) is 59.6 Å². The van der Waals surface area contributed by atoms with Crippen molar-refractivity contribution in [1.82, 2.24) is 5.43 Å². The van der Waals surface area contributed by atoms with Crippen LogP contribution >= 0.6 is 12.2 Å². The number of rotatable bonds is 4. The van der Waals surface area contributed by atoms with E-state index in [0.717, 1.165) is 11.3 Å². The number of thiocarbonyl (C=S) groups is 1. The molecule has 0 aliphatic heterocycles. The molecule has 0 aliphatic carbocycles. The van der Waals surface area contributed by atoms with E-state index in [-0.39, 0.29) is 5.11 Å². The first-order valence-corrected chi connectivity index (χ1v) is 5.03. The number of hydrogen-bond donors (Lipinski definition) is 2. The maximum absolute atomic E-state index is 5.19. The van der Waals surface area contributed by atoms with Gasteiger partial charge in [0.1, 0.15) is 5.75 Å². The van der Waals surface area contributed by atoms with Crippen LogP contribution < -0.4 is 15.9 Å². The summed E-state index contributed by atoms with van der Waals surface area (Å²) < 4.78 is 5.19. The second kappa shape index (κ2) is 6.58. The fraction of sp³-hybridized carbons (Fsp3) is 0.0909. The third-order valence-electron chi connectivity index (χ3n) is 1.75. The van der Waals surface area contributed by atoms with Crippen molar-refractivity contribution in [2.75, 3.05) is 7.11 Å². The Morgan fingerprint density at radius 3 is 2.94 bits per heavy atom. The summed E-state index contributed by atoms with van der Waals surface area (Å²) in [6, 6.07) is 7.69. The van der Waals surface area contributed by atoms with E-state index in [1.165, 1.54) is 0 Å². The summed E-state index contributed by atoms with van der Waals surface area (Å²) in [5, 5.41) is 3.91. The molecule has 0 spiro atoms. The maximum atomic E-state index is 5.19. The molecule has 84 valence electrons. The summed E-state index contributed by atoms with van der Waals surface area (Å²) in [4.78, 5) is 0. The zero-order chi connectivity index (χ0) is 11.8. The van der Waals surface area contributed by atoms with Crippen LogP contribution in [0.2, 0.25) is 0 Å². The predicted octanol–water partition coefficient (Wildman–Crippen LogP) is 1.53. The van der Waals surface area contributed by atoms with Crippen molar-refractivity contribution in [1.29, 1.82) is 0 Å². The highest BCUT2D eigenvalue weighted by atomic mass is 32.1. The number of para-hydroxylation sites is 1. The number of benzene rings is 1. The molecule has 0 bridgehead atoms. The van der Waals surface area contributed by atoms with Gasteiger partial charge in [0, 0.05) is 11.8 Å². The van der Waals surface area contributed by atoms with Crippen molar-refractivity contribution in [2.24, 2.45) is 10.8 Å². The Morgan fingerprint density at radius 2 is 2.25 bits per heavy atom. The lowest BCUT2D eigenvalue weighted by Crippen LogP contribution is -2.23. The fourth-order valence-corrected chi connectivity index (χ4v) is 1.15. The summed E-state index contributed by atoms with van der Waals surface area (Å²) >= 11 is 4.59. The van der Waals surface area contributed by atoms with Crippen LogP contribution in [-0.4, -0.2) is 18.4 Å². The molecule has 0 aliphatic rings. The summed E-state index contributed by atoms with van der Waals surface area (Å²) in [5.41, 5.74) is 8.63. The molecule has 3 N–H and O–H groups in total. The molecule has 1 aromatic carbocycles. The minimum absolute atomic E-state index is 0.141. The quantitative estimate of drug-likeness (QED) is 0.472. The van der Waals surface area contributed by atoms with Crippen molar-refractivity contribution in [3.63, 3.8) is 0 Å². The number of allylic oxidation sites excluding steroid dienone is 1. The standard InChI is InChI=1S/C11H13N3OS/c1-15-10-7-3-2-5-9(10)6-4-8-13-14-11(12)16/h2-8H,1H3,(H3,12,14,16)/b6-4+,13-8-. The highest BCUT2D eigenvalue weighted by molar-refractivity contribution is 7.80. The van der Waals surface area contributed by atoms with E-state index < -0.39 is 0 Å². The van der Waals surface area contributed by atoms with Crippen LogP contribution in [-0.2, 0) is 0 Å². The largest absolute Gasteiger partial charge is 0.496 e. The summed E-state index contributed by atoms with van der Waals surface area (Å²) in [5.74, 6) is 0.814. The Balaban J connectivity index is 2.62. The lowest BCUT2D eigenvalue weighted by Gasteiger charge is -2.02. The van der Waals surface area contributed by atoms with Gasteiger partial charge in [-0.1, -0.05) is 18.2 Å². The number of nitrogens with two attached hydrogens (primary N) is 1. The predicted molar refractivity (Wildman–Crippen MR) is 70.4 cm³/mol. The van der Waals surface area contributed by atoms with E-state index in [1.807, 2.05) is 30.3 Å². The van der Waals surface area contributed by atoms with Gasteiger partial charge >= 0.3 is 0 Å².